The third-order valence-corrected chi connectivity index (χ3v) is 1.82. The van der Waals surface area contributed by atoms with Crippen LogP contribution in [0.4, 0.5) is 0 Å². The SMILES string of the molecule is C=C/C(=C\O)CC.CCc1ccoc1. The van der Waals surface area contributed by atoms with Gasteiger partial charge in [0.2, 0.25) is 0 Å². The molecule has 0 atom stereocenters. The predicted octanol–water partition coefficient (Wildman–Crippen LogP) is 3.87. The van der Waals surface area contributed by atoms with Crippen LogP contribution in [0.2, 0.25) is 0 Å². The van der Waals surface area contributed by atoms with E-state index in [1.165, 1.54) is 5.56 Å². The monoisotopic (exact) mass is 194 g/mol. The molecule has 78 valence electrons. The minimum Gasteiger partial charge on any atom is -0.515 e. The van der Waals surface area contributed by atoms with E-state index in [0.717, 1.165) is 24.7 Å². The summed E-state index contributed by atoms with van der Waals surface area (Å²) in [5.74, 6) is 0. The Labute approximate surface area is 85.6 Å². The van der Waals surface area contributed by atoms with E-state index in [9.17, 15) is 0 Å². The average Bonchev–Trinajstić information content (AvgIpc) is 2.74. The van der Waals surface area contributed by atoms with Crippen molar-refractivity contribution >= 4 is 0 Å². The van der Waals surface area contributed by atoms with Crippen LogP contribution in [0.5, 0.6) is 0 Å². The maximum absolute atomic E-state index is 8.29. The van der Waals surface area contributed by atoms with Gasteiger partial charge in [0.25, 0.3) is 0 Å². The van der Waals surface area contributed by atoms with E-state index in [1.807, 2.05) is 13.0 Å². The highest BCUT2D eigenvalue weighted by Crippen LogP contribution is 1.98. The number of aryl methyl sites for hydroxylation is 1. The molecule has 2 heteroatoms. The molecule has 1 N–H and O–H groups in total. The van der Waals surface area contributed by atoms with Crippen LogP contribution in [0.3, 0.4) is 0 Å². The van der Waals surface area contributed by atoms with Gasteiger partial charge in [-0.15, -0.1) is 0 Å². The first kappa shape index (κ1) is 12.6. The number of hydrogen-bond donors (Lipinski definition) is 1. The van der Waals surface area contributed by atoms with Gasteiger partial charge in [0.1, 0.15) is 0 Å². The molecule has 0 spiro atoms. The largest absolute Gasteiger partial charge is 0.515 e. The van der Waals surface area contributed by atoms with E-state index in [0.29, 0.717) is 0 Å². The number of aliphatic hydroxyl groups is 1. The lowest BCUT2D eigenvalue weighted by Gasteiger charge is -1.86. The van der Waals surface area contributed by atoms with Gasteiger partial charge in [0.15, 0.2) is 0 Å². The van der Waals surface area contributed by atoms with Crippen LogP contribution in [0, 0.1) is 0 Å². The van der Waals surface area contributed by atoms with Crippen LogP contribution in [-0.4, -0.2) is 5.11 Å². The van der Waals surface area contributed by atoms with Gasteiger partial charge in [-0.1, -0.05) is 26.5 Å². The molecule has 0 fully saturated rings. The summed E-state index contributed by atoms with van der Waals surface area (Å²) in [6, 6.07) is 1.97. The molecule has 0 saturated carbocycles. The Kier molecular flexibility index (Phi) is 7.33. The van der Waals surface area contributed by atoms with E-state index in [4.69, 9.17) is 9.52 Å². The van der Waals surface area contributed by atoms with Crippen molar-refractivity contribution in [2.75, 3.05) is 0 Å². The van der Waals surface area contributed by atoms with Gasteiger partial charge in [0.05, 0.1) is 18.8 Å². The van der Waals surface area contributed by atoms with Crippen molar-refractivity contribution in [3.63, 3.8) is 0 Å². The van der Waals surface area contributed by atoms with Crippen molar-refractivity contribution in [3.8, 4) is 0 Å². The zero-order valence-electron chi connectivity index (χ0n) is 8.86. The van der Waals surface area contributed by atoms with Gasteiger partial charge >= 0.3 is 0 Å². The fourth-order valence-corrected chi connectivity index (χ4v) is 0.782. The number of furan rings is 1. The van der Waals surface area contributed by atoms with Crippen molar-refractivity contribution in [3.05, 3.63) is 48.6 Å². The molecule has 1 aromatic heterocycles. The molecule has 0 amide bonds. The molecular formula is C12H18O2. The minimum absolute atomic E-state index is 0.847. The Morgan fingerprint density at radius 1 is 1.57 bits per heavy atom. The summed E-state index contributed by atoms with van der Waals surface area (Å²) in [4.78, 5) is 0. The molecule has 14 heavy (non-hydrogen) atoms. The van der Waals surface area contributed by atoms with Gasteiger partial charge in [-0.05, 0) is 30.0 Å². The second-order valence-electron chi connectivity index (χ2n) is 2.75. The van der Waals surface area contributed by atoms with Crippen LogP contribution in [0.25, 0.3) is 0 Å². The first-order chi connectivity index (χ1) is 6.78. The Morgan fingerprint density at radius 2 is 2.29 bits per heavy atom. The summed E-state index contributed by atoms with van der Waals surface area (Å²) in [7, 11) is 0. The van der Waals surface area contributed by atoms with Crippen molar-refractivity contribution < 1.29 is 9.52 Å². The number of rotatable bonds is 3. The van der Waals surface area contributed by atoms with E-state index in [2.05, 4.69) is 13.5 Å². The molecule has 0 bridgehead atoms. The van der Waals surface area contributed by atoms with Crippen molar-refractivity contribution in [2.45, 2.75) is 26.7 Å². The van der Waals surface area contributed by atoms with Gasteiger partial charge in [-0.25, -0.2) is 0 Å². The standard InChI is InChI=1S/C6H8O.C6H10O/c1-2-6-3-4-7-5-6;1-3-6(4-2)5-7/h3-5H,2H2,1H3;3,5,7H,1,4H2,2H3/b;6-5+. The Bertz CT molecular complexity index is 258. The van der Waals surface area contributed by atoms with Crippen molar-refractivity contribution in [1.29, 1.82) is 0 Å². The van der Waals surface area contributed by atoms with Gasteiger partial charge in [-0.3, -0.25) is 0 Å². The average molecular weight is 194 g/mol. The third-order valence-electron chi connectivity index (χ3n) is 1.82. The fourth-order valence-electron chi connectivity index (χ4n) is 0.782. The Hall–Kier alpha value is -1.44. The summed E-state index contributed by atoms with van der Waals surface area (Å²) in [6.07, 6.45) is 8.09. The summed E-state index contributed by atoms with van der Waals surface area (Å²) >= 11 is 0. The molecule has 1 rings (SSSR count). The minimum atomic E-state index is 0.847. The summed E-state index contributed by atoms with van der Waals surface area (Å²) in [5, 5.41) is 8.29. The highest BCUT2D eigenvalue weighted by atomic mass is 16.3. The topological polar surface area (TPSA) is 33.4 Å². The molecule has 0 saturated heterocycles. The smallest absolute Gasteiger partial charge is 0.0934 e. The van der Waals surface area contributed by atoms with Crippen molar-refractivity contribution in [2.24, 2.45) is 0 Å². The number of hydrogen-bond acceptors (Lipinski definition) is 2. The van der Waals surface area contributed by atoms with E-state index >= 15 is 0 Å². The van der Waals surface area contributed by atoms with Gasteiger partial charge in [-0.2, -0.15) is 0 Å². The summed E-state index contributed by atoms with van der Waals surface area (Å²) in [5.41, 5.74) is 2.14. The van der Waals surface area contributed by atoms with Crippen LogP contribution in [0.1, 0.15) is 25.8 Å². The molecule has 0 unspecified atom stereocenters. The molecule has 2 nitrogen and oxygen atoms in total. The Balaban J connectivity index is 0.000000241. The highest BCUT2D eigenvalue weighted by Gasteiger charge is 1.83. The second-order valence-corrected chi connectivity index (χ2v) is 2.75. The Morgan fingerprint density at radius 3 is 2.43 bits per heavy atom. The fraction of sp³-hybridized carbons (Fsp3) is 0.333. The molecule has 0 radical (unpaired) electrons. The third kappa shape index (κ3) is 5.25. The lowest BCUT2D eigenvalue weighted by Crippen LogP contribution is -1.69. The maximum atomic E-state index is 8.29. The van der Waals surface area contributed by atoms with Crippen LogP contribution < -0.4 is 0 Å². The lowest BCUT2D eigenvalue weighted by molar-refractivity contribution is 0.467. The quantitative estimate of drug-likeness (QED) is 0.585. The van der Waals surface area contributed by atoms with E-state index in [1.54, 1.807) is 18.6 Å². The zero-order valence-corrected chi connectivity index (χ0v) is 8.86. The van der Waals surface area contributed by atoms with Crippen LogP contribution in [-0.2, 0) is 6.42 Å². The summed E-state index contributed by atoms with van der Waals surface area (Å²) < 4.78 is 4.81. The van der Waals surface area contributed by atoms with E-state index < -0.39 is 0 Å². The van der Waals surface area contributed by atoms with Crippen molar-refractivity contribution in [1.82, 2.24) is 0 Å². The lowest BCUT2D eigenvalue weighted by atomic mass is 10.2. The first-order valence-electron chi connectivity index (χ1n) is 4.75. The predicted molar refractivity (Wildman–Crippen MR) is 59.3 cm³/mol. The summed E-state index contributed by atoms with van der Waals surface area (Å²) in [6.45, 7) is 7.54. The normalized spacial score (nSPS) is 10.3. The number of aliphatic hydroxyl groups excluding tert-OH is 1. The molecular weight excluding hydrogens is 176 g/mol. The molecule has 1 aromatic rings. The first-order valence-corrected chi connectivity index (χ1v) is 4.75. The van der Waals surface area contributed by atoms with E-state index in [-0.39, 0.29) is 0 Å². The maximum Gasteiger partial charge on any atom is 0.0934 e. The molecule has 0 aliphatic rings. The van der Waals surface area contributed by atoms with Crippen LogP contribution in [0.15, 0.2) is 47.5 Å². The van der Waals surface area contributed by atoms with Gasteiger partial charge in [0, 0.05) is 0 Å². The van der Waals surface area contributed by atoms with Crippen LogP contribution >= 0.6 is 0 Å². The molecule has 0 aliphatic carbocycles. The zero-order chi connectivity index (χ0) is 10.8. The second kappa shape index (κ2) is 8.17. The molecule has 1 heterocycles. The molecule has 0 aliphatic heterocycles. The van der Waals surface area contributed by atoms with Gasteiger partial charge < -0.3 is 9.52 Å². The molecule has 0 aromatic carbocycles. The number of allylic oxidation sites excluding steroid dienone is 2. The highest BCUT2D eigenvalue weighted by molar-refractivity contribution is 5.11.